The summed E-state index contributed by atoms with van der Waals surface area (Å²) in [6.07, 6.45) is 1.63. The number of carbonyl (C=O) groups is 1. The maximum atomic E-state index is 13.3. The van der Waals surface area contributed by atoms with Crippen LogP contribution in [0.3, 0.4) is 0 Å². The molecule has 0 saturated heterocycles. The van der Waals surface area contributed by atoms with Crippen molar-refractivity contribution in [2.24, 2.45) is 13.0 Å². The van der Waals surface area contributed by atoms with E-state index in [4.69, 9.17) is 0 Å². The third kappa shape index (κ3) is 2.93. The van der Waals surface area contributed by atoms with Gasteiger partial charge in [-0.05, 0) is 18.8 Å². The van der Waals surface area contributed by atoms with E-state index >= 15 is 0 Å². The summed E-state index contributed by atoms with van der Waals surface area (Å²) in [6.45, 7) is 0. The van der Waals surface area contributed by atoms with Crippen molar-refractivity contribution in [1.82, 2.24) is 9.78 Å². The van der Waals surface area contributed by atoms with Gasteiger partial charge in [0.2, 0.25) is 17.8 Å². The minimum absolute atomic E-state index is 0.205. The van der Waals surface area contributed by atoms with Crippen molar-refractivity contribution in [2.75, 3.05) is 5.32 Å². The Kier molecular flexibility index (Phi) is 3.67. The number of aryl methyl sites for hydroxylation is 1. The highest BCUT2D eigenvalue weighted by molar-refractivity contribution is 5.93. The summed E-state index contributed by atoms with van der Waals surface area (Å²) in [5.74, 6) is -6.12. The van der Waals surface area contributed by atoms with Crippen molar-refractivity contribution in [2.45, 2.75) is 68.6 Å². The van der Waals surface area contributed by atoms with E-state index in [1.807, 2.05) is 0 Å². The van der Waals surface area contributed by atoms with E-state index in [0.717, 1.165) is 24.8 Å². The Morgan fingerprint density at radius 1 is 1.08 bits per heavy atom. The summed E-state index contributed by atoms with van der Waals surface area (Å²) >= 11 is 0. The van der Waals surface area contributed by atoms with Crippen LogP contribution >= 0.6 is 0 Å². The van der Waals surface area contributed by atoms with Crippen LogP contribution in [0.5, 0.6) is 0 Å². The number of nitrogens with zero attached hydrogens (tertiary/aromatic N) is 2. The molecule has 1 heterocycles. The summed E-state index contributed by atoms with van der Waals surface area (Å²) in [7, 11) is 1.66. The molecule has 1 aromatic rings. The van der Waals surface area contributed by atoms with Gasteiger partial charge in [0.05, 0.1) is 5.69 Å². The van der Waals surface area contributed by atoms with E-state index in [1.54, 1.807) is 7.05 Å². The van der Waals surface area contributed by atoms with Crippen molar-refractivity contribution >= 4 is 11.7 Å². The largest absolute Gasteiger partial charge is 0.310 e. The number of alkyl halides is 4. The highest BCUT2D eigenvalue weighted by Gasteiger charge is 2.50. The topological polar surface area (TPSA) is 46.9 Å². The van der Waals surface area contributed by atoms with Gasteiger partial charge >= 0.3 is 0 Å². The van der Waals surface area contributed by atoms with E-state index < -0.39 is 36.5 Å². The number of hydrogen-bond donors (Lipinski definition) is 1. The Balaban J connectivity index is 1.57. The third-order valence-electron chi connectivity index (χ3n) is 5.81. The first-order valence-electron chi connectivity index (χ1n) is 8.78. The number of halogens is 4. The summed E-state index contributed by atoms with van der Waals surface area (Å²) < 4.78 is 54.1. The van der Waals surface area contributed by atoms with Gasteiger partial charge < -0.3 is 5.32 Å². The fraction of sp³-hybridized carbons (Fsp3) is 0.765. The van der Waals surface area contributed by atoms with E-state index in [0.29, 0.717) is 11.5 Å². The van der Waals surface area contributed by atoms with Gasteiger partial charge in [-0.1, -0.05) is 6.42 Å². The molecule has 0 radical (unpaired) electrons. The van der Waals surface area contributed by atoms with E-state index in [2.05, 4.69) is 10.4 Å². The smallest absolute Gasteiger partial charge is 0.249 e. The maximum absolute atomic E-state index is 13.3. The average Bonchev–Trinajstić information content (AvgIpc) is 2.69. The van der Waals surface area contributed by atoms with Gasteiger partial charge in [0.1, 0.15) is 5.82 Å². The molecule has 3 aliphatic rings. The summed E-state index contributed by atoms with van der Waals surface area (Å²) in [5, 5.41) is 7.16. The highest BCUT2D eigenvalue weighted by atomic mass is 19.3. The Morgan fingerprint density at radius 2 is 1.68 bits per heavy atom. The molecule has 1 amide bonds. The monoisotopic (exact) mass is 359 g/mol. The number of aromatic nitrogens is 2. The van der Waals surface area contributed by atoms with Crippen LogP contribution in [0, 0.1) is 5.92 Å². The molecule has 4 nitrogen and oxygen atoms in total. The van der Waals surface area contributed by atoms with Crippen LogP contribution < -0.4 is 5.32 Å². The number of amides is 1. The van der Waals surface area contributed by atoms with Crippen molar-refractivity contribution in [3.63, 3.8) is 0 Å². The van der Waals surface area contributed by atoms with Gasteiger partial charge in [0, 0.05) is 50.1 Å². The van der Waals surface area contributed by atoms with E-state index in [9.17, 15) is 22.4 Å². The Bertz CT molecular complexity index is 695. The van der Waals surface area contributed by atoms with Crippen LogP contribution in [0.2, 0.25) is 0 Å². The summed E-state index contributed by atoms with van der Waals surface area (Å²) in [6, 6.07) is 0. The van der Waals surface area contributed by atoms with Gasteiger partial charge in [0.15, 0.2) is 0 Å². The summed E-state index contributed by atoms with van der Waals surface area (Å²) in [4.78, 5) is 12.3. The molecule has 138 valence electrons. The molecule has 3 fully saturated rings. The molecule has 3 saturated carbocycles. The van der Waals surface area contributed by atoms with E-state index in [1.165, 1.54) is 4.68 Å². The molecular weight excluding hydrogens is 338 g/mol. The van der Waals surface area contributed by atoms with Gasteiger partial charge in [-0.25, -0.2) is 17.6 Å². The van der Waals surface area contributed by atoms with Gasteiger partial charge in [-0.15, -0.1) is 0 Å². The normalized spacial score (nSPS) is 25.8. The number of carbonyl (C=O) groups excluding carboxylic acids is 1. The molecule has 4 rings (SSSR count). The predicted octanol–water partition coefficient (Wildman–Crippen LogP) is 4.18. The van der Waals surface area contributed by atoms with Crippen LogP contribution in [-0.2, 0) is 11.8 Å². The molecule has 1 N–H and O–H groups in total. The number of hydrogen-bond acceptors (Lipinski definition) is 2. The van der Waals surface area contributed by atoms with Crippen LogP contribution in [0.4, 0.5) is 23.4 Å². The summed E-state index contributed by atoms with van der Waals surface area (Å²) in [5.41, 5.74) is 1.49. The lowest BCUT2D eigenvalue weighted by molar-refractivity contribution is -0.145. The third-order valence-corrected chi connectivity index (χ3v) is 5.81. The van der Waals surface area contributed by atoms with Crippen molar-refractivity contribution in [3.05, 3.63) is 11.3 Å². The Labute approximate surface area is 143 Å². The second-order valence-corrected chi connectivity index (χ2v) is 7.81. The van der Waals surface area contributed by atoms with Gasteiger partial charge in [-0.2, -0.15) is 5.10 Å². The Hall–Kier alpha value is -1.60. The zero-order chi connectivity index (χ0) is 18.0. The van der Waals surface area contributed by atoms with Crippen LogP contribution in [0.1, 0.15) is 68.0 Å². The fourth-order valence-electron chi connectivity index (χ4n) is 4.03. The minimum atomic E-state index is -2.76. The molecule has 3 aliphatic carbocycles. The first-order valence-corrected chi connectivity index (χ1v) is 8.78. The Morgan fingerprint density at radius 3 is 2.16 bits per heavy atom. The predicted molar refractivity (Wildman–Crippen MR) is 83.0 cm³/mol. The molecule has 1 aromatic heterocycles. The molecule has 8 heteroatoms. The van der Waals surface area contributed by atoms with Gasteiger partial charge in [-0.3, -0.25) is 9.48 Å². The van der Waals surface area contributed by atoms with Crippen LogP contribution in [0.25, 0.3) is 0 Å². The van der Waals surface area contributed by atoms with Crippen LogP contribution in [-0.4, -0.2) is 27.5 Å². The quantitative estimate of drug-likeness (QED) is 0.820. The first-order chi connectivity index (χ1) is 11.7. The van der Waals surface area contributed by atoms with Crippen molar-refractivity contribution in [1.29, 1.82) is 0 Å². The molecule has 0 bridgehead atoms. The molecular formula is C17H21F4N3O. The molecule has 0 aromatic carbocycles. The van der Waals surface area contributed by atoms with Gasteiger partial charge in [0.25, 0.3) is 0 Å². The SMILES string of the molecule is Cn1nc(C2CC(F)(F)C2)c(C2CCC2)c1NC(=O)C1CC(F)(F)C1. The standard InChI is InChI=1S/C17H21F4N3O/c1-24-14(22-15(25)11-7-17(20,21)8-11)12(9-3-2-4-9)13(23-24)10-5-16(18,19)6-10/h9-11H,2-8H2,1H3,(H,22,25). The lowest BCUT2D eigenvalue weighted by atomic mass is 9.72. The van der Waals surface area contributed by atoms with Crippen molar-refractivity contribution < 1.29 is 22.4 Å². The lowest BCUT2D eigenvalue weighted by Crippen LogP contribution is -2.42. The maximum Gasteiger partial charge on any atom is 0.249 e. The lowest BCUT2D eigenvalue weighted by Gasteiger charge is -2.36. The van der Waals surface area contributed by atoms with E-state index in [-0.39, 0.29) is 24.7 Å². The minimum Gasteiger partial charge on any atom is -0.310 e. The highest BCUT2D eigenvalue weighted by Crippen LogP contribution is 2.52. The first kappa shape index (κ1) is 16.8. The number of rotatable bonds is 4. The second-order valence-electron chi connectivity index (χ2n) is 7.81. The molecule has 0 atom stereocenters. The molecule has 0 unspecified atom stereocenters. The van der Waals surface area contributed by atoms with Crippen LogP contribution in [0.15, 0.2) is 0 Å². The van der Waals surface area contributed by atoms with Crippen molar-refractivity contribution in [3.8, 4) is 0 Å². The molecule has 0 aliphatic heterocycles. The number of anilines is 1. The average molecular weight is 359 g/mol. The fourth-order valence-corrected chi connectivity index (χ4v) is 4.03. The zero-order valence-electron chi connectivity index (χ0n) is 14.0. The molecule has 0 spiro atoms. The number of nitrogens with one attached hydrogen (secondary N) is 1. The molecule has 25 heavy (non-hydrogen) atoms. The zero-order valence-corrected chi connectivity index (χ0v) is 14.0. The second kappa shape index (κ2) is 5.45.